The minimum Gasteiger partial charge on any atom is -0.480 e. The number of nitrogens with one attached hydrogen (secondary N) is 1. The second-order valence-corrected chi connectivity index (χ2v) is 14.6. The minimum absolute atomic E-state index is 0. The van der Waals surface area contributed by atoms with Crippen molar-refractivity contribution in [2.75, 3.05) is 59.4 Å². The maximum atomic E-state index is 11.6. The fourth-order valence-electron chi connectivity index (χ4n) is 6.69. The van der Waals surface area contributed by atoms with Crippen molar-refractivity contribution in [1.29, 1.82) is 0 Å². The molecule has 6 heterocycles. The molecule has 68 heavy (non-hydrogen) atoms. The van der Waals surface area contributed by atoms with Crippen molar-refractivity contribution in [3.8, 4) is 0 Å². The van der Waals surface area contributed by atoms with Crippen LogP contribution in [0.1, 0.15) is 53.4 Å². The number of Topliss-reactive ketones (excluding diaryl/α,β-unsaturated/α-hetero) is 2. The molecule has 1 amide bonds. The van der Waals surface area contributed by atoms with E-state index in [2.05, 4.69) is 19.2 Å². The quantitative estimate of drug-likeness (QED) is 0.0403. The molecule has 12 atom stereocenters. The average Bonchev–Trinajstić information content (AvgIpc) is 4.14. The molecule has 0 radical (unpaired) electrons. The van der Waals surface area contributed by atoms with Gasteiger partial charge >= 0.3 is 23.9 Å². The van der Waals surface area contributed by atoms with E-state index in [1.807, 2.05) is 5.32 Å². The summed E-state index contributed by atoms with van der Waals surface area (Å²) in [5.41, 5.74) is 0. The van der Waals surface area contributed by atoms with Gasteiger partial charge in [-0.25, -0.2) is 0 Å². The van der Waals surface area contributed by atoms with Crippen LogP contribution >= 0.6 is 0 Å². The van der Waals surface area contributed by atoms with E-state index in [1.54, 1.807) is 6.92 Å². The van der Waals surface area contributed by atoms with Crippen molar-refractivity contribution in [2.24, 2.45) is 0 Å². The summed E-state index contributed by atoms with van der Waals surface area (Å²) in [4.78, 5) is 120. The van der Waals surface area contributed by atoms with Crippen LogP contribution in [0, 0.1) is 30.3 Å². The van der Waals surface area contributed by atoms with Gasteiger partial charge in [-0.2, -0.15) is 0 Å². The number of aliphatic hydroxyl groups is 2. The number of ether oxygens (including phenoxy) is 9. The molecule has 6 fully saturated rings. The number of carbonyl (C=O) groups is 7. The normalized spacial score (nSPS) is 28.8. The van der Waals surface area contributed by atoms with Crippen molar-refractivity contribution in [3.05, 3.63) is 30.3 Å². The van der Waals surface area contributed by atoms with E-state index in [0.717, 1.165) is 6.92 Å². The number of amides is 1. The lowest BCUT2D eigenvalue weighted by Crippen LogP contribution is -2.35. The van der Waals surface area contributed by atoms with Crippen molar-refractivity contribution in [2.45, 2.75) is 127 Å². The van der Waals surface area contributed by atoms with E-state index in [9.17, 15) is 69.0 Å². The van der Waals surface area contributed by atoms with Crippen LogP contribution in [0.2, 0.25) is 0 Å². The highest BCUT2D eigenvalue weighted by atomic mass is 17.0. The minimum atomic E-state index is -1.15. The van der Waals surface area contributed by atoms with Gasteiger partial charge in [0.05, 0.1) is 52.5 Å². The highest BCUT2D eigenvalue weighted by Gasteiger charge is 2.52. The summed E-state index contributed by atoms with van der Waals surface area (Å²) in [7, 11) is 0. The Bertz CT molecular complexity index is 1660. The molecule has 4 N–H and O–H groups in total. The van der Waals surface area contributed by atoms with Gasteiger partial charge < -0.3 is 77.8 Å². The van der Waals surface area contributed by atoms with Gasteiger partial charge in [-0.05, 0) is 0 Å². The Morgan fingerprint density at radius 2 is 0.971 bits per heavy atom. The number of nitrogens with zero attached hydrogens (tertiary/aromatic N) is 3. The van der Waals surface area contributed by atoms with Crippen molar-refractivity contribution in [3.63, 3.8) is 0 Å². The van der Waals surface area contributed by atoms with Gasteiger partial charge in [0.15, 0.2) is 42.9 Å². The monoisotopic (exact) mass is 990 g/mol. The molecular weight excluding hydrogens is 936 g/mol. The topological polar surface area (TPSA) is 432 Å². The molecule has 6 aliphatic rings. The first kappa shape index (κ1) is 58.1. The van der Waals surface area contributed by atoms with Crippen LogP contribution < -0.4 is 5.32 Å². The molecule has 6 aliphatic heterocycles. The average molecular weight is 991 g/mol. The molecule has 6 saturated heterocycles. The van der Waals surface area contributed by atoms with Gasteiger partial charge in [0.25, 0.3) is 21.2 Å². The molecule has 0 spiro atoms. The Morgan fingerprint density at radius 3 is 1.35 bits per heavy atom. The number of hydrogen-bond acceptors (Lipinski definition) is 27. The highest BCUT2D eigenvalue weighted by molar-refractivity contribution is 5.84. The fourth-order valence-corrected chi connectivity index (χ4v) is 6.69. The molecule has 32 nitrogen and oxygen atoms in total. The summed E-state index contributed by atoms with van der Waals surface area (Å²) in [6, 6.07) is 0. The molecule has 6 rings (SSSR count). The summed E-state index contributed by atoms with van der Waals surface area (Å²) in [5.74, 6) is -3.95. The zero-order valence-corrected chi connectivity index (χ0v) is 35.7. The Balaban J connectivity index is 0.000000319. The maximum Gasteiger partial charge on any atom is 0.322 e. The van der Waals surface area contributed by atoms with E-state index in [0.29, 0.717) is 6.42 Å². The molecule has 32 heteroatoms. The first-order valence-electron chi connectivity index (χ1n) is 20.2. The third-order valence-electron chi connectivity index (χ3n) is 9.77. The molecule has 0 unspecified atom stereocenters. The lowest BCUT2D eigenvalue weighted by atomic mass is 10.1. The number of aliphatic hydroxyl groups excluding tert-OH is 2. The number of hydrogen-bond donors (Lipinski definition) is 4. The molecular formula is C36H54N4O28. The molecule has 0 aromatic rings. The summed E-state index contributed by atoms with van der Waals surface area (Å²) < 4.78 is 46.1. The van der Waals surface area contributed by atoms with Gasteiger partial charge in [-0.15, -0.1) is 30.3 Å². The second kappa shape index (κ2) is 29.0. The Kier molecular flexibility index (Phi) is 24.8. The van der Waals surface area contributed by atoms with Gasteiger partial charge in [0.1, 0.15) is 61.7 Å². The molecule has 0 aromatic carbocycles. The molecule has 0 aromatic heterocycles. The fraction of sp³-hybridized carbons (Fsp3) is 0.806. The van der Waals surface area contributed by atoms with Crippen molar-refractivity contribution < 1.29 is 121 Å². The Labute approximate surface area is 384 Å². The Morgan fingerprint density at radius 1 is 0.603 bits per heavy atom. The van der Waals surface area contributed by atoms with Crippen LogP contribution in [0.25, 0.3) is 0 Å². The van der Waals surface area contributed by atoms with E-state index in [4.69, 9.17) is 48.1 Å². The van der Waals surface area contributed by atoms with Gasteiger partial charge in [-0.3, -0.25) is 33.6 Å². The Hall–Kier alpha value is -6.03. The number of esters is 3. The van der Waals surface area contributed by atoms with E-state index >= 15 is 0 Å². The lowest BCUT2D eigenvalue weighted by molar-refractivity contribution is -0.769. The third kappa shape index (κ3) is 19.3. The van der Waals surface area contributed by atoms with Gasteiger partial charge in [0, 0.05) is 26.2 Å². The highest BCUT2D eigenvalue weighted by Crippen LogP contribution is 2.32. The number of aliphatic carboxylic acids is 1. The summed E-state index contributed by atoms with van der Waals surface area (Å²) >= 11 is 0. The number of rotatable bonds is 20. The molecule has 0 bridgehead atoms. The molecule has 386 valence electrons. The zero-order chi connectivity index (χ0) is 49.8. The molecule has 0 saturated carbocycles. The summed E-state index contributed by atoms with van der Waals surface area (Å²) in [6.45, 7) is 1.73. The van der Waals surface area contributed by atoms with Crippen LogP contribution in [0.3, 0.4) is 0 Å². The number of carboxylic acids is 1. The predicted octanol–water partition coefficient (Wildman–Crippen LogP) is -3.25. The predicted molar refractivity (Wildman–Crippen MR) is 210 cm³/mol. The van der Waals surface area contributed by atoms with E-state index < -0.39 is 144 Å². The van der Waals surface area contributed by atoms with Crippen LogP contribution in [-0.2, 0) is 90.7 Å². The summed E-state index contributed by atoms with van der Waals surface area (Å²) in [6.07, 6.45) is -7.56. The molecule has 0 aliphatic carbocycles. The van der Waals surface area contributed by atoms with Crippen molar-refractivity contribution in [1.82, 2.24) is 5.32 Å². The second-order valence-electron chi connectivity index (χ2n) is 14.6. The van der Waals surface area contributed by atoms with E-state index in [-0.39, 0.29) is 78.5 Å². The number of carboxylic acid groups (broad SMARTS) is 1. The first-order valence-corrected chi connectivity index (χ1v) is 20.2. The van der Waals surface area contributed by atoms with E-state index in [1.165, 1.54) is 0 Å². The third-order valence-corrected chi connectivity index (χ3v) is 9.77. The SMILES string of the molecule is C.CC(=O)OCC(=O)NCC(=O)O.CCC(=O)CCC(=O)O[C@@H]1CO[C@H]2[C@@H]1OC[C@@H]2O[N+](=O)[O-].O=C(CO)CCC(=O)O[C@@H]1CO[C@H]2[C@@H]1OC[C@@H]2O[N+](=O)[O-].O=[N+]([O-])O[C@H]1CO[C@H]2[C@@H]1OC[C@H]2O. The largest absolute Gasteiger partial charge is 0.480 e. The van der Waals surface area contributed by atoms with Crippen LogP contribution in [0.15, 0.2) is 0 Å². The van der Waals surface area contributed by atoms with Crippen LogP contribution in [0.5, 0.6) is 0 Å². The van der Waals surface area contributed by atoms with Crippen LogP contribution in [-0.4, -0.2) is 205 Å². The standard InChI is InChI=1S/C12H17NO8.C11H15NO9.C6H9NO6.C6H9NO5.CH4/c1-2-7(14)3-4-10(15)20-8-5-18-12-9(21-13(16)17)6-19-11(8)12;13-3-6(14)1-2-9(15)20-7-4-18-11-8(21-12(16)17)5-19-10(7)11;8-3-1-11-6-4(13-7(9)10)2-12-5(3)6;1-4(8)12-3-5(9)7-2-6(10)11;/h8-9,11-12H,2-6H2,1H3;7-8,10-11,13H,1-5H2;3-6,8H,1-2H2;2-3H2,1H3,(H,7,9)(H,10,11);1H4/t8-,9+,11-,12-;7-,8+,10-,11-;3-,4+,5-,6-;;/m111../s1. The number of ketones is 2. The van der Waals surface area contributed by atoms with Crippen LogP contribution in [0.4, 0.5) is 0 Å². The number of carbonyl (C=O) groups excluding carboxylic acids is 6. The zero-order valence-electron chi connectivity index (χ0n) is 35.7. The first-order chi connectivity index (χ1) is 31.7. The van der Waals surface area contributed by atoms with Crippen molar-refractivity contribution >= 4 is 41.4 Å². The summed E-state index contributed by atoms with van der Waals surface area (Å²) in [5, 5.41) is 56.0. The van der Waals surface area contributed by atoms with Gasteiger partial charge in [0.2, 0.25) is 0 Å². The van der Waals surface area contributed by atoms with Gasteiger partial charge in [-0.1, -0.05) is 14.4 Å². The number of fused-ring (bicyclic) bond motifs is 3. The maximum absolute atomic E-state index is 11.6. The smallest absolute Gasteiger partial charge is 0.322 e. The lowest BCUT2D eigenvalue weighted by Gasteiger charge is -2.16.